The minimum atomic E-state index is -0.357. The number of benzene rings is 2. The lowest BCUT2D eigenvalue weighted by molar-refractivity contribution is -0.118. The number of anilines is 2. The van der Waals surface area contributed by atoms with Gasteiger partial charge in [0.2, 0.25) is 5.91 Å². The van der Waals surface area contributed by atoms with Crippen LogP contribution in [0.2, 0.25) is 0 Å². The van der Waals surface area contributed by atoms with Crippen molar-refractivity contribution in [3.63, 3.8) is 0 Å². The number of rotatable bonds is 4. The van der Waals surface area contributed by atoms with Gasteiger partial charge < -0.3 is 5.32 Å². The maximum Gasteiger partial charge on any atom is 0.271 e. The SMILES string of the molecule is CC(=O)c1ccc(NC(=O)C2=NN(c3ccccc3)C(=O)CC2)cc1. The molecule has 0 saturated heterocycles. The highest BCUT2D eigenvalue weighted by atomic mass is 16.2. The molecule has 1 aliphatic rings. The molecule has 3 rings (SSSR count). The molecule has 2 aromatic carbocycles. The van der Waals surface area contributed by atoms with Crippen molar-refractivity contribution in [2.75, 3.05) is 10.3 Å². The molecule has 2 aromatic rings. The topological polar surface area (TPSA) is 78.8 Å². The van der Waals surface area contributed by atoms with Crippen LogP contribution in [0.15, 0.2) is 59.7 Å². The van der Waals surface area contributed by atoms with Crippen LogP contribution in [0.3, 0.4) is 0 Å². The van der Waals surface area contributed by atoms with Crippen molar-refractivity contribution in [2.24, 2.45) is 5.10 Å². The molecule has 0 saturated carbocycles. The van der Waals surface area contributed by atoms with Crippen molar-refractivity contribution in [1.29, 1.82) is 0 Å². The van der Waals surface area contributed by atoms with E-state index in [0.29, 0.717) is 29.1 Å². The number of para-hydroxylation sites is 1. The predicted molar refractivity (Wildman–Crippen MR) is 95.7 cm³/mol. The van der Waals surface area contributed by atoms with Crippen LogP contribution in [-0.4, -0.2) is 23.3 Å². The molecule has 0 atom stereocenters. The molecule has 6 nitrogen and oxygen atoms in total. The maximum atomic E-state index is 12.4. The Bertz CT molecular complexity index is 842. The number of amides is 2. The highest BCUT2D eigenvalue weighted by Crippen LogP contribution is 2.20. The van der Waals surface area contributed by atoms with Crippen LogP contribution in [0, 0.1) is 0 Å². The molecule has 0 unspecified atom stereocenters. The molecule has 25 heavy (non-hydrogen) atoms. The number of nitrogens with one attached hydrogen (secondary N) is 1. The fourth-order valence-electron chi connectivity index (χ4n) is 2.48. The summed E-state index contributed by atoms with van der Waals surface area (Å²) in [7, 11) is 0. The average molecular weight is 335 g/mol. The van der Waals surface area contributed by atoms with E-state index < -0.39 is 0 Å². The van der Waals surface area contributed by atoms with Crippen LogP contribution in [0.1, 0.15) is 30.1 Å². The molecule has 0 radical (unpaired) electrons. The molecule has 1 aliphatic heterocycles. The molecule has 126 valence electrons. The number of carbonyl (C=O) groups is 3. The van der Waals surface area contributed by atoms with Gasteiger partial charge in [-0.25, -0.2) is 5.01 Å². The third-order valence-corrected chi connectivity index (χ3v) is 3.84. The molecule has 0 bridgehead atoms. The summed E-state index contributed by atoms with van der Waals surface area (Å²) in [6.45, 7) is 1.49. The number of hydrogen-bond donors (Lipinski definition) is 1. The summed E-state index contributed by atoms with van der Waals surface area (Å²) in [5, 5.41) is 8.22. The molecule has 0 aromatic heterocycles. The summed E-state index contributed by atoms with van der Waals surface area (Å²) in [6, 6.07) is 15.6. The number of Topliss-reactive ketones (excluding diaryl/α,β-unsaturated/α-hetero) is 1. The largest absolute Gasteiger partial charge is 0.321 e. The Morgan fingerprint density at radius 1 is 1.00 bits per heavy atom. The number of carbonyl (C=O) groups excluding carboxylic acids is 3. The number of hydrazone groups is 1. The highest BCUT2D eigenvalue weighted by molar-refractivity contribution is 6.44. The minimum Gasteiger partial charge on any atom is -0.321 e. The first-order valence-corrected chi connectivity index (χ1v) is 7.92. The third-order valence-electron chi connectivity index (χ3n) is 3.84. The van der Waals surface area contributed by atoms with Gasteiger partial charge in [0, 0.05) is 24.1 Å². The number of hydrogen-bond acceptors (Lipinski definition) is 4. The quantitative estimate of drug-likeness (QED) is 0.872. The van der Waals surface area contributed by atoms with Gasteiger partial charge in [-0.05, 0) is 43.3 Å². The molecule has 0 aliphatic carbocycles. The van der Waals surface area contributed by atoms with Gasteiger partial charge in [0.15, 0.2) is 5.78 Å². The van der Waals surface area contributed by atoms with Crippen molar-refractivity contribution < 1.29 is 14.4 Å². The number of ketones is 1. The molecular weight excluding hydrogens is 318 g/mol. The Hall–Kier alpha value is -3.28. The van der Waals surface area contributed by atoms with E-state index in [2.05, 4.69) is 10.4 Å². The maximum absolute atomic E-state index is 12.4. The summed E-state index contributed by atoms with van der Waals surface area (Å²) in [5.74, 6) is -0.538. The van der Waals surface area contributed by atoms with Gasteiger partial charge >= 0.3 is 0 Å². The van der Waals surface area contributed by atoms with Crippen molar-refractivity contribution in [2.45, 2.75) is 19.8 Å². The van der Waals surface area contributed by atoms with E-state index in [0.717, 1.165) is 0 Å². The summed E-state index contributed by atoms with van der Waals surface area (Å²) >= 11 is 0. The zero-order chi connectivity index (χ0) is 17.8. The first-order valence-electron chi connectivity index (χ1n) is 7.92. The fourth-order valence-corrected chi connectivity index (χ4v) is 2.48. The van der Waals surface area contributed by atoms with Gasteiger partial charge in [-0.1, -0.05) is 18.2 Å². The fraction of sp³-hybridized carbons (Fsp3) is 0.158. The van der Waals surface area contributed by atoms with Crippen LogP contribution in [-0.2, 0) is 9.59 Å². The lowest BCUT2D eigenvalue weighted by atomic mass is 10.1. The Morgan fingerprint density at radius 2 is 1.68 bits per heavy atom. The van der Waals surface area contributed by atoms with Gasteiger partial charge in [-0.3, -0.25) is 14.4 Å². The molecule has 0 fully saturated rings. The standard InChI is InChI=1S/C19H17N3O3/c1-13(23)14-7-9-15(10-8-14)20-19(25)17-11-12-18(24)22(21-17)16-5-3-2-4-6-16/h2-10H,11-12H2,1H3,(H,20,25). The zero-order valence-corrected chi connectivity index (χ0v) is 13.7. The summed E-state index contributed by atoms with van der Waals surface area (Å²) in [4.78, 5) is 35.8. The Kier molecular flexibility index (Phi) is 4.70. The van der Waals surface area contributed by atoms with Crippen LogP contribution in [0.4, 0.5) is 11.4 Å². The Balaban J connectivity index is 1.77. The predicted octanol–water partition coefficient (Wildman–Crippen LogP) is 3.01. The smallest absolute Gasteiger partial charge is 0.271 e. The second-order valence-electron chi connectivity index (χ2n) is 5.68. The van der Waals surface area contributed by atoms with E-state index in [4.69, 9.17) is 0 Å². The van der Waals surface area contributed by atoms with Gasteiger partial charge in [0.25, 0.3) is 5.91 Å². The Labute approximate surface area is 145 Å². The summed E-state index contributed by atoms with van der Waals surface area (Å²) < 4.78 is 0. The molecule has 6 heteroatoms. The first-order chi connectivity index (χ1) is 12.0. The van der Waals surface area contributed by atoms with Crippen LogP contribution >= 0.6 is 0 Å². The Morgan fingerprint density at radius 3 is 2.32 bits per heavy atom. The molecule has 2 amide bonds. The monoisotopic (exact) mass is 335 g/mol. The molecule has 0 spiro atoms. The second-order valence-corrected chi connectivity index (χ2v) is 5.68. The van der Waals surface area contributed by atoms with Crippen LogP contribution in [0.25, 0.3) is 0 Å². The second kappa shape index (κ2) is 7.09. The summed E-state index contributed by atoms with van der Waals surface area (Å²) in [5.41, 5.74) is 2.07. The molecule has 1 heterocycles. The zero-order valence-electron chi connectivity index (χ0n) is 13.7. The van der Waals surface area contributed by atoms with E-state index in [-0.39, 0.29) is 24.0 Å². The van der Waals surface area contributed by atoms with E-state index in [1.807, 2.05) is 18.2 Å². The van der Waals surface area contributed by atoms with E-state index in [9.17, 15) is 14.4 Å². The first kappa shape index (κ1) is 16.6. The van der Waals surface area contributed by atoms with Crippen molar-refractivity contribution in [3.05, 3.63) is 60.2 Å². The third kappa shape index (κ3) is 3.80. The van der Waals surface area contributed by atoms with Crippen LogP contribution in [0.5, 0.6) is 0 Å². The molecular formula is C19H17N3O3. The number of nitrogens with zero attached hydrogens (tertiary/aromatic N) is 2. The van der Waals surface area contributed by atoms with Gasteiger partial charge in [-0.15, -0.1) is 0 Å². The van der Waals surface area contributed by atoms with Crippen LogP contribution < -0.4 is 10.3 Å². The van der Waals surface area contributed by atoms with Gasteiger partial charge in [-0.2, -0.15) is 5.10 Å². The minimum absolute atomic E-state index is 0.0356. The van der Waals surface area contributed by atoms with Gasteiger partial charge in [0.05, 0.1) is 5.69 Å². The van der Waals surface area contributed by atoms with E-state index >= 15 is 0 Å². The molecule has 1 N–H and O–H groups in total. The average Bonchev–Trinajstić information content (AvgIpc) is 2.63. The normalized spacial score (nSPS) is 14.0. The highest BCUT2D eigenvalue weighted by Gasteiger charge is 2.25. The van der Waals surface area contributed by atoms with E-state index in [1.54, 1.807) is 36.4 Å². The van der Waals surface area contributed by atoms with Crippen molar-refractivity contribution in [1.82, 2.24) is 0 Å². The summed E-state index contributed by atoms with van der Waals surface area (Å²) in [6.07, 6.45) is 0.518. The van der Waals surface area contributed by atoms with Gasteiger partial charge in [0.1, 0.15) is 5.71 Å². The van der Waals surface area contributed by atoms with Crippen molar-refractivity contribution >= 4 is 34.7 Å². The lowest BCUT2D eigenvalue weighted by Gasteiger charge is -2.23. The lowest BCUT2D eigenvalue weighted by Crippen LogP contribution is -2.36. The van der Waals surface area contributed by atoms with E-state index in [1.165, 1.54) is 11.9 Å². The van der Waals surface area contributed by atoms with Crippen molar-refractivity contribution in [3.8, 4) is 0 Å².